The molecule has 0 saturated heterocycles. The molecule has 1 aromatic rings. The molecular formula is C18H28N2O4. The second-order valence-electron chi connectivity index (χ2n) is 6.05. The second-order valence-corrected chi connectivity index (χ2v) is 6.05. The van der Waals surface area contributed by atoms with Gasteiger partial charge in [0.1, 0.15) is 12.1 Å². The van der Waals surface area contributed by atoms with Crippen LogP contribution in [0.15, 0.2) is 30.3 Å². The number of carbonyl (C=O) groups is 2. The number of unbranched alkanes of at least 4 members (excludes halogenated alkanes) is 3. The number of benzene rings is 1. The quantitative estimate of drug-likeness (QED) is 0.457. The Morgan fingerprint density at radius 2 is 1.83 bits per heavy atom. The molecule has 24 heavy (non-hydrogen) atoms. The van der Waals surface area contributed by atoms with Gasteiger partial charge in [-0.3, -0.25) is 4.79 Å². The van der Waals surface area contributed by atoms with E-state index in [1.165, 1.54) is 0 Å². The van der Waals surface area contributed by atoms with Crippen molar-refractivity contribution >= 4 is 11.9 Å². The van der Waals surface area contributed by atoms with E-state index in [2.05, 4.69) is 12.2 Å². The molecular weight excluding hydrogens is 308 g/mol. The average Bonchev–Trinajstić information content (AvgIpc) is 2.57. The van der Waals surface area contributed by atoms with Crippen molar-refractivity contribution in [1.82, 2.24) is 5.32 Å². The number of rotatable bonds is 11. The maximum Gasteiger partial charge on any atom is 0.326 e. The number of carboxylic acid groups (broad SMARTS) is 1. The van der Waals surface area contributed by atoms with Crippen molar-refractivity contribution in [2.75, 3.05) is 0 Å². The van der Waals surface area contributed by atoms with E-state index in [4.69, 9.17) is 5.73 Å². The summed E-state index contributed by atoms with van der Waals surface area (Å²) in [6.45, 7) is 2.07. The van der Waals surface area contributed by atoms with Crippen LogP contribution in [0.2, 0.25) is 0 Å². The van der Waals surface area contributed by atoms with Crippen LogP contribution in [0.1, 0.15) is 44.6 Å². The van der Waals surface area contributed by atoms with Crippen LogP contribution in [-0.2, 0) is 16.0 Å². The van der Waals surface area contributed by atoms with Gasteiger partial charge < -0.3 is 21.3 Å². The van der Waals surface area contributed by atoms with Crippen LogP contribution in [0.25, 0.3) is 0 Å². The largest absolute Gasteiger partial charge is 0.480 e. The van der Waals surface area contributed by atoms with Crippen LogP contribution in [0.3, 0.4) is 0 Å². The maximum absolute atomic E-state index is 12.1. The molecule has 0 bridgehead atoms. The van der Waals surface area contributed by atoms with Crippen LogP contribution in [0.5, 0.6) is 0 Å². The summed E-state index contributed by atoms with van der Waals surface area (Å²) < 4.78 is 0. The molecule has 134 valence electrons. The Balaban J connectivity index is 2.51. The fraction of sp³-hybridized carbons (Fsp3) is 0.556. The number of nitrogens with two attached hydrogens (primary N) is 1. The third kappa shape index (κ3) is 7.10. The Hall–Kier alpha value is -1.92. The highest BCUT2D eigenvalue weighted by molar-refractivity contribution is 5.86. The Bertz CT molecular complexity index is 507. The summed E-state index contributed by atoms with van der Waals surface area (Å²) in [4.78, 5) is 23.3. The van der Waals surface area contributed by atoms with Crippen molar-refractivity contribution in [2.24, 2.45) is 5.73 Å². The Morgan fingerprint density at radius 1 is 1.17 bits per heavy atom. The van der Waals surface area contributed by atoms with Crippen LogP contribution >= 0.6 is 0 Å². The number of carboxylic acids is 1. The average molecular weight is 336 g/mol. The number of nitrogens with one attached hydrogen (secondary N) is 1. The van der Waals surface area contributed by atoms with Crippen molar-refractivity contribution in [1.29, 1.82) is 0 Å². The molecule has 1 aromatic carbocycles. The number of amides is 1. The summed E-state index contributed by atoms with van der Waals surface area (Å²) >= 11 is 0. The highest BCUT2D eigenvalue weighted by Gasteiger charge is 2.27. The minimum atomic E-state index is -1.44. The number of aliphatic hydroxyl groups is 1. The summed E-state index contributed by atoms with van der Waals surface area (Å²) in [5.74, 6) is -1.83. The molecule has 1 rings (SSSR count). The molecule has 3 atom stereocenters. The fourth-order valence-corrected chi connectivity index (χ4v) is 2.48. The predicted octanol–water partition coefficient (Wildman–Crippen LogP) is 1.46. The van der Waals surface area contributed by atoms with Gasteiger partial charge in [-0.05, 0) is 18.4 Å². The van der Waals surface area contributed by atoms with Crippen LogP contribution in [-0.4, -0.2) is 40.3 Å². The molecule has 0 aliphatic heterocycles. The van der Waals surface area contributed by atoms with Crippen LogP contribution in [0, 0.1) is 0 Å². The standard InChI is InChI=1S/C18H28N2O4/c1-2-3-4-8-11-15(18(23)24)20-17(22)16(21)14(19)12-13-9-6-5-7-10-13/h5-7,9-10,14-16,21H,2-4,8,11-12,19H2,1H3,(H,20,22)(H,23,24)/t14-,15+,16+/m1/s1. The lowest BCUT2D eigenvalue weighted by Crippen LogP contribution is -2.51. The lowest BCUT2D eigenvalue weighted by Gasteiger charge is -2.21. The Morgan fingerprint density at radius 3 is 2.42 bits per heavy atom. The lowest BCUT2D eigenvalue weighted by molar-refractivity contribution is -0.143. The van der Waals surface area contributed by atoms with Crippen molar-refractivity contribution in [3.63, 3.8) is 0 Å². The third-order valence-electron chi connectivity index (χ3n) is 3.95. The second kappa shape index (κ2) is 10.8. The Kier molecular flexibility index (Phi) is 9.04. The first kappa shape index (κ1) is 20.1. The fourth-order valence-electron chi connectivity index (χ4n) is 2.48. The van der Waals surface area contributed by atoms with Gasteiger partial charge in [-0.15, -0.1) is 0 Å². The van der Waals surface area contributed by atoms with Gasteiger partial charge in [-0.2, -0.15) is 0 Å². The molecule has 0 saturated carbocycles. The van der Waals surface area contributed by atoms with Gasteiger partial charge in [0.2, 0.25) is 0 Å². The number of carbonyl (C=O) groups excluding carboxylic acids is 1. The Labute approximate surface area is 143 Å². The van der Waals surface area contributed by atoms with E-state index < -0.39 is 30.1 Å². The summed E-state index contributed by atoms with van der Waals surface area (Å²) in [5, 5.41) is 21.7. The zero-order chi connectivity index (χ0) is 17.9. The van der Waals surface area contributed by atoms with Crippen molar-refractivity contribution in [2.45, 2.75) is 63.6 Å². The van der Waals surface area contributed by atoms with Crippen molar-refractivity contribution in [3.8, 4) is 0 Å². The topological polar surface area (TPSA) is 113 Å². The van der Waals surface area contributed by atoms with Crippen molar-refractivity contribution in [3.05, 3.63) is 35.9 Å². The van der Waals surface area contributed by atoms with Gasteiger partial charge in [0.15, 0.2) is 0 Å². The van der Waals surface area contributed by atoms with Gasteiger partial charge in [0, 0.05) is 6.04 Å². The first-order valence-corrected chi connectivity index (χ1v) is 8.46. The number of hydrogen-bond acceptors (Lipinski definition) is 4. The molecule has 6 nitrogen and oxygen atoms in total. The van der Waals surface area contributed by atoms with Crippen molar-refractivity contribution < 1.29 is 19.8 Å². The third-order valence-corrected chi connectivity index (χ3v) is 3.95. The number of aliphatic carboxylic acids is 1. The van der Waals surface area contributed by atoms with E-state index >= 15 is 0 Å². The smallest absolute Gasteiger partial charge is 0.326 e. The molecule has 0 unspecified atom stereocenters. The molecule has 1 amide bonds. The lowest BCUT2D eigenvalue weighted by atomic mass is 10.0. The number of aliphatic hydroxyl groups excluding tert-OH is 1. The van der Waals surface area contributed by atoms with E-state index in [1.54, 1.807) is 0 Å². The minimum absolute atomic E-state index is 0.337. The molecule has 0 heterocycles. The first-order valence-electron chi connectivity index (χ1n) is 8.46. The van der Waals surface area contributed by atoms with E-state index in [9.17, 15) is 19.8 Å². The predicted molar refractivity (Wildman–Crippen MR) is 92.5 cm³/mol. The maximum atomic E-state index is 12.1. The summed E-state index contributed by atoms with van der Waals surface area (Å²) in [7, 11) is 0. The van der Waals surface area contributed by atoms with E-state index in [-0.39, 0.29) is 0 Å². The molecule has 0 spiro atoms. The monoisotopic (exact) mass is 336 g/mol. The van der Waals surface area contributed by atoms with Gasteiger partial charge >= 0.3 is 5.97 Å². The van der Waals surface area contributed by atoms with Crippen LogP contribution < -0.4 is 11.1 Å². The van der Waals surface area contributed by atoms with E-state index in [1.807, 2.05) is 30.3 Å². The molecule has 0 aliphatic carbocycles. The zero-order valence-electron chi connectivity index (χ0n) is 14.1. The molecule has 6 heteroatoms. The van der Waals surface area contributed by atoms with Crippen LogP contribution in [0.4, 0.5) is 0 Å². The summed E-state index contributed by atoms with van der Waals surface area (Å²) in [5.41, 5.74) is 6.79. The highest BCUT2D eigenvalue weighted by Crippen LogP contribution is 2.08. The summed E-state index contributed by atoms with van der Waals surface area (Å²) in [6.07, 6.45) is 2.97. The van der Waals surface area contributed by atoms with E-state index in [0.29, 0.717) is 12.8 Å². The van der Waals surface area contributed by atoms with Gasteiger partial charge in [0.05, 0.1) is 0 Å². The number of hydrogen-bond donors (Lipinski definition) is 4. The minimum Gasteiger partial charge on any atom is -0.480 e. The highest BCUT2D eigenvalue weighted by atomic mass is 16.4. The normalized spacial score (nSPS) is 14.6. The molecule has 5 N–H and O–H groups in total. The first-order chi connectivity index (χ1) is 11.5. The molecule has 0 radical (unpaired) electrons. The van der Waals surface area contributed by atoms with Gasteiger partial charge in [0.25, 0.3) is 5.91 Å². The zero-order valence-corrected chi connectivity index (χ0v) is 14.1. The van der Waals surface area contributed by atoms with Gasteiger partial charge in [-0.1, -0.05) is 62.9 Å². The SMILES string of the molecule is CCCCCC[C@H](NC(=O)[C@@H](O)[C@H](N)Cc1ccccc1)C(=O)O. The molecule has 0 aliphatic rings. The summed E-state index contributed by atoms with van der Waals surface area (Å²) in [6, 6.07) is 7.51. The van der Waals surface area contributed by atoms with E-state index in [0.717, 1.165) is 31.2 Å². The van der Waals surface area contributed by atoms with Gasteiger partial charge in [-0.25, -0.2) is 4.79 Å². The molecule has 0 aromatic heterocycles. The molecule has 0 fully saturated rings.